The fourth-order valence-electron chi connectivity index (χ4n) is 4.16. The van der Waals surface area contributed by atoms with Gasteiger partial charge in [-0.05, 0) is 43.4 Å². The molecule has 148 valence electrons. The second kappa shape index (κ2) is 8.78. The van der Waals surface area contributed by atoms with E-state index >= 15 is 0 Å². The minimum Gasteiger partial charge on any atom is -0.456 e. The maximum Gasteiger partial charge on any atom is 0.343 e. The van der Waals surface area contributed by atoms with Crippen molar-refractivity contribution in [3.8, 4) is 11.5 Å². The van der Waals surface area contributed by atoms with E-state index in [1.807, 2.05) is 36.4 Å². The average molecular weight is 380 g/mol. The van der Waals surface area contributed by atoms with Crippen molar-refractivity contribution in [1.29, 1.82) is 0 Å². The smallest absolute Gasteiger partial charge is 0.343 e. The lowest BCUT2D eigenvalue weighted by Crippen LogP contribution is -2.42. The molecule has 0 radical (unpaired) electrons. The van der Waals surface area contributed by atoms with Crippen LogP contribution in [0.4, 0.5) is 0 Å². The molecule has 28 heavy (non-hydrogen) atoms. The number of fused-ring (bicyclic) bond motifs is 2. The predicted molar refractivity (Wildman–Crippen MR) is 110 cm³/mol. The van der Waals surface area contributed by atoms with E-state index in [1.165, 1.54) is 19.3 Å². The van der Waals surface area contributed by atoms with Crippen molar-refractivity contribution in [3.63, 3.8) is 0 Å². The molecule has 0 aliphatic carbocycles. The zero-order valence-electron chi connectivity index (χ0n) is 16.7. The summed E-state index contributed by atoms with van der Waals surface area (Å²) in [5.41, 5.74) is 2.72. The van der Waals surface area contributed by atoms with E-state index in [1.54, 1.807) is 0 Å². The molecular weight excluding hydrogens is 350 g/mol. The number of piperidine rings is 1. The van der Waals surface area contributed by atoms with E-state index in [9.17, 15) is 4.79 Å². The van der Waals surface area contributed by atoms with Crippen LogP contribution in [-0.2, 0) is 11.2 Å². The van der Waals surface area contributed by atoms with Gasteiger partial charge in [0.2, 0.25) is 0 Å². The second-order valence-electron chi connectivity index (χ2n) is 7.78. The molecule has 4 rings (SSSR count). The van der Waals surface area contributed by atoms with Crippen LogP contribution in [0.15, 0.2) is 42.5 Å². The van der Waals surface area contributed by atoms with E-state index in [0.29, 0.717) is 11.3 Å². The molecule has 2 heterocycles. The number of esters is 1. The van der Waals surface area contributed by atoms with E-state index in [-0.39, 0.29) is 12.2 Å². The number of nitrogens with zero attached hydrogens (tertiary/aromatic N) is 1. The number of para-hydroxylation sites is 2. The van der Waals surface area contributed by atoms with Gasteiger partial charge in [0, 0.05) is 25.1 Å². The van der Waals surface area contributed by atoms with Crippen LogP contribution in [0.1, 0.15) is 66.9 Å². The second-order valence-corrected chi connectivity index (χ2v) is 7.78. The van der Waals surface area contributed by atoms with Crippen LogP contribution < -0.4 is 4.74 Å². The van der Waals surface area contributed by atoms with Crippen molar-refractivity contribution in [2.24, 2.45) is 0 Å². The third kappa shape index (κ3) is 4.07. The summed E-state index contributed by atoms with van der Waals surface area (Å²) < 4.78 is 12.2. The van der Waals surface area contributed by atoms with Crippen molar-refractivity contribution in [1.82, 2.24) is 4.90 Å². The molecule has 0 N–H and O–H groups in total. The van der Waals surface area contributed by atoms with Crippen LogP contribution in [0.25, 0.3) is 0 Å². The first-order chi connectivity index (χ1) is 13.8. The highest BCUT2D eigenvalue weighted by atomic mass is 16.6. The number of ether oxygens (including phenoxy) is 2. The molecule has 2 aromatic rings. The van der Waals surface area contributed by atoms with E-state index in [4.69, 9.17) is 9.47 Å². The molecular formula is C24H29NO3. The Bertz CT molecular complexity index is 826. The molecule has 0 aromatic heterocycles. The van der Waals surface area contributed by atoms with Gasteiger partial charge in [-0.3, -0.25) is 4.90 Å². The van der Waals surface area contributed by atoms with E-state index < -0.39 is 0 Å². The standard InChI is InChI=1S/C24H29NO3/c1-2-3-14-22(25-15-7-4-8-16-25)28-24(26)20-12-9-11-19-17-18-10-5-6-13-21(18)27-23(19)20/h5-6,9-13,22H,2-4,7-8,14-17H2,1H3. The van der Waals surface area contributed by atoms with Gasteiger partial charge in [0.25, 0.3) is 0 Å². The molecule has 1 unspecified atom stereocenters. The van der Waals surface area contributed by atoms with Gasteiger partial charge >= 0.3 is 5.97 Å². The van der Waals surface area contributed by atoms with Gasteiger partial charge in [0.15, 0.2) is 6.23 Å². The minimum absolute atomic E-state index is 0.139. The van der Waals surface area contributed by atoms with Crippen LogP contribution in [0.2, 0.25) is 0 Å². The Kier molecular flexibility index (Phi) is 5.96. The van der Waals surface area contributed by atoms with Crippen molar-refractivity contribution in [3.05, 3.63) is 59.2 Å². The number of carbonyl (C=O) groups is 1. The number of carbonyl (C=O) groups excluding carboxylic acids is 1. The third-order valence-corrected chi connectivity index (χ3v) is 5.73. The van der Waals surface area contributed by atoms with Crippen molar-refractivity contribution < 1.29 is 14.3 Å². The Balaban J connectivity index is 1.54. The highest BCUT2D eigenvalue weighted by Crippen LogP contribution is 2.39. The number of hydrogen-bond donors (Lipinski definition) is 0. The number of unbranched alkanes of at least 4 members (excludes halogenated alkanes) is 1. The fourth-order valence-corrected chi connectivity index (χ4v) is 4.16. The summed E-state index contributed by atoms with van der Waals surface area (Å²) in [5.74, 6) is 1.20. The summed E-state index contributed by atoms with van der Waals surface area (Å²) in [4.78, 5) is 15.5. The molecule has 1 saturated heterocycles. The first kappa shape index (κ1) is 19.0. The van der Waals surface area contributed by atoms with Gasteiger partial charge in [-0.2, -0.15) is 0 Å². The molecule has 0 amide bonds. The number of hydrogen-bond acceptors (Lipinski definition) is 4. The van der Waals surface area contributed by atoms with Gasteiger partial charge in [0.05, 0.1) is 0 Å². The third-order valence-electron chi connectivity index (χ3n) is 5.73. The summed E-state index contributed by atoms with van der Waals surface area (Å²) >= 11 is 0. The van der Waals surface area contributed by atoms with E-state index in [2.05, 4.69) is 17.9 Å². The minimum atomic E-state index is -0.275. The largest absolute Gasteiger partial charge is 0.456 e. The Labute approximate surface area is 167 Å². The Morgan fingerprint density at radius 2 is 1.86 bits per heavy atom. The van der Waals surface area contributed by atoms with Gasteiger partial charge in [-0.15, -0.1) is 0 Å². The lowest BCUT2D eigenvalue weighted by atomic mass is 9.98. The molecule has 2 aromatic carbocycles. The Hall–Kier alpha value is -2.33. The van der Waals surface area contributed by atoms with Gasteiger partial charge in [-0.25, -0.2) is 4.79 Å². The molecule has 0 spiro atoms. The fraction of sp³-hybridized carbons (Fsp3) is 0.458. The molecule has 1 fully saturated rings. The highest BCUT2D eigenvalue weighted by Gasteiger charge is 2.28. The van der Waals surface area contributed by atoms with Crippen molar-refractivity contribution >= 4 is 5.97 Å². The molecule has 1 atom stereocenters. The summed E-state index contributed by atoms with van der Waals surface area (Å²) in [7, 11) is 0. The number of likely N-dealkylation sites (tertiary alicyclic amines) is 1. The van der Waals surface area contributed by atoms with E-state index in [0.717, 1.165) is 55.6 Å². The van der Waals surface area contributed by atoms with Gasteiger partial charge < -0.3 is 9.47 Å². The Morgan fingerprint density at radius 3 is 2.68 bits per heavy atom. The first-order valence-electron chi connectivity index (χ1n) is 10.6. The van der Waals surface area contributed by atoms with Crippen LogP contribution in [0, 0.1) is 0 Å². The number of rotatable bonds is 6. The topological polar surface area (TPSA) is 38.8 Å². The quantitative estimate of drug-likeness (QED) is 0.527. The summed E-state index contributed by atoms with van der Waals surface area (Å²) in [6.45, 7) is 4.20. The normalized spacial score (nSPS) is 17.2. The highest BCUT2D eigenvalue weighted by molar-refractivity contribution is 5.93. The van der Waals surface area contributed by atoms with Crippen LogP contribution in [-0.4, -0.2) is 30.2 Å². The van der Waals surface area contributed by atoms with Gasteiger partial charge in [-0.1, -0.05) is 50.1 Å². The zero-order valence-corrected chi connectivity index (χ0v) is 16.7. The van der Waals surface area contributed by atoms with Crippen molar-refractivity contribution in [2.75, 3.05) is 13.1 Å². The summed E-state index contributed by atoms with van der Waals surface area (Å²) in [6.07, 6.45) is 7.32. The SMILES string of the molecule is CCCCC(OC(=O)c1cccc2c1Oc1ccccc1C2)N1CCCCC1. The molecule has 2 aliphatic rings. The zero-order chi connectivity index (χ0) is 19.3. The van der Waals surface area contributed by atoms with Crippen molar-refractivity contribution in [2.45, 2.75) is 58.1 Å². The first-order valence-corrected chi connectivity index (χ1v) is 10.6. The monoisotopic (exact) mass is 379 g/mol. The molecule has 4 nitrogen and oxygen atoms in total. The van der Waals surface area contributed by atoms with Crippen LogP contribution in [0.5, 0.6) is 11.5 Å². The lowest BCUT2D eigenvalue weighted by Gasteiger charge is -2.34. The average Bonchev–Trinajstić information content (AvgIpc) is 2.75. The lowest BCUT2D eigenvalue weighted by molar-refractivity contribution is -0.0443. The molecule has 2 aliphatic heterocycles. The Morgan fingerprint density at radius 1 is 1.07 bits per heavy atom. The summed E-state index contributed by atoms with van der Waals surface area (Å²) in [5, 5.41) is 0. The molecule has 0 saturated carbocycles. The molecule has 0 bridgehead atoms. The molecule has 4 heteroatoms. The maximum atomic E-state index is 13.1. The van der Waals surface area contributed by atoms with Gasteiger partial charge in [0.1, 0.15) is 17.1 Å². The van der Waals surface area contributed by atoms with Crippen LogP contribution >= 0.6 is 0 Å². The van der Waals surface area contributed by atoms with Crippen LogP contribution in [0.3, 0.4) is 0 Å². The predicted octanol–water partition coefficient (Wildman–Crippen LogP) is 5.54. The number of benzene rings is 2. The maximum absolute atomic E-state index is 13.1. The summed E-state index contributed by atoms with van der Waals surface area (Å²) in [6, 6.07) is 13.8.